The summed E-state index contributed by atoms with van der Waals surface area (Å²) in [4.78, 5) is 195. The van der Waals surface area contributed by atoms with Gasteiger partial charge < -0.3 is 74.8 Å². The summed E-state index contributed by atoms with van der Waals surface area (Å²) in [5.74, 6) is -15.5. The Bertz CT molecular complexity index is 3350. The molecule has 0 aromatic heterocycles. The van der Waals surface area contributed by atoms with Crippen molar-refractivity contribution < 1.29 is 102 Å². The molecule has 1 spiro atoms. The summed E-state index contributed by atoms with van der Waals surface area (Å²) >= 11 is 1.56. The summed E-state index contributed by atoms with van der Waals surface area (Å²) in [5.41, 5.74) is -1.70. The Balaban J connectivity index is 1.11. The summed E-state index contributed by atoms with van der Waals surface area (Å²) in [7, 11) is 8.15. The Morgan fingerprint density at radius 3 is 1.86 bits per heavy atom. The molecule has 4 saturated carbocycles. The van der Waals surface area contributed by atoms with Gasteiger partial charge >= 0.3 is 12.4 Å². The van der Waals surface area contributed by atoms with E-state index in [1.54, 1.807) is 32.5 Å². The fraction of sp³-hybridized carbons (Fsp3) is 0.844. The number of nitrogens with zero attached hydrogens (tertiary/aromatic N) is 9. The first-order chi connectivity index (χ1) is 53.4. The van der Waals surface area contributed by atoms with Gasteiger partial charge in [-0.1, -0.05) is 46.0 Å². The van der Waals surface area contributed by atoms with Crippen molar-refractivity contribution in [3.63, 3.8) is 0 Å². The number of carbonyl (C=O) groups excluding carboxylic acids is 12. The van der Waals surface area contributed by atoms with Gasteiger partial charge in [0.15, 0.2) is 0 Å². The molecule has 9 rings (SSSR count). The van der Waals surface area contributed by atoms with E-state index in [0.29, 0.717) is 69.4 Å². The zero-order valence-electron chi connectivity index (χ0n) is 66.8. The highest BCUT2D eigenvalue weighted by molar-refractivity contribution is 7.99. The van der Waals surface area contributed by atoms with E-state index in [1.165, 1.54) is 66.8 Å². The van der Waals surface area contributed by atoms with E-state index in [9.17, 15) is 40.7 Å². The first-order valence-corrected chi connectivity index (χ1v) is 41.8. The van der Waals surface area contributed by atoms with Gasteiger partial charge in [0.25, 0.3) is 0 Å². The first-order valence-electron chi connectivity index (χ1n) is 40.7. The lowest BCUT2D eigenvalue weighted by Crippen LogP contribution is -2.68. The molecule has 9 aliphatic rings. The molecule has 113 heavy (non-hydrogen) atoms. The number of halogens is 8. The minimum absolute atomic E-state index is 0.00677. The Labute approximate surface area is 661 Å². The van der Waals surface area contributed by atoms with Crippen molar-refractivity contribution >= 4 is 82.6 Å². The average molecular weight is 1630 g/mol. The van der Waals surface area contributed by atoms with Crippen LogP contribution < -0.4 is 21.3 Å². The Kier molecular flexibility index (Phi) is 31.5. The number of morpholine rings is 1. The zero-order chi connectivity index (χ0) is 82.7. The molecular weight excluding hydrogens is 1510 g/mol. The molecule has 36 heteroatoms. The van der Waals surface area contributed by atoms with Crippen LogP contribution in [-0.2, 0) is 67.0 Å². The van der Waals surface area contributed by atoms with Crippen molar-refractivity contribution in [1.29, 1.82) is 0 Å². The molecule has 0 radical (unpaired) electrons. The van der Waals surface area contributed by atoms with Gasteiger partial charge in [-0.2, -0.15) is 26.3 Å². The predicted molar refractivity (Wildman–Crippen MR) is 399 cm³/mol. The second kappa shape index (κ2) is 39.5. The SMILES string of the molecule is CCO[C@@H]1C[C@H]2C(=O)NC3(CCC3)C(=O)N(C)[C@@H](C3CCCC3)C(=O)N(C)[C@H](C(=O)N3CCOCC3)CC(=O)N(C)[C@@H](CC3CSCN3)C(=O)N[C@@H]([C@@H](C)CC)C(=O)N(C)CC(=O)N(C)[C@H]3CCCCCN(C3=O)[C@@H](CC3CCC(C(F)(F)F)CC3)C(=O)N(C)CC(=O)N[C@@H](CCC3CC(F)C(C(F)(F)F)C(F)C3)C(=O)N2C1. The Hall–Kier alpha value is -6.69. The number of carbonyl (C=O) groups is 12. The molecule has 5 heterocycles. The molecule has 13 atom stereocenters. The number of alkyl halides is 8. The minimum Gasteiger partial charge on any atom is -0.378 e. The molecule has 12 amide bonds. The van der Waals surface area contributed by atoms with E-state index in [2.05, 4.69) is 21.3 Å². The second-order valence-electron chi connectivity index (χ2n) is 33.2. The van der Waals surface area contributed by atoms with Crippen LogP contribution >= 0.6 is 11.8 Å². The fourth-order valence-corrected chi connectivity index (χ4v) is 19.4. The standard InChI is InChI=1S/C77H119F8N13O14S/c1-10-45(3)64-72(108)91(5)42-62(101)92(6)55-20-13-12-16-29-97(71(55)107)59(36-46-21-24-49(25-22-46)76(80,81)82)69(105)90(4)41-60(99)87-54(26-23-47-34-52(78)63(53(79)35-47)77(83,84)85)68(104)98-40-51(112-11-2)38-57(98)67(103)89-75(27-17-28-75)74(110)95(9)65(48-18-14-15-19-48)73(109)94(8)58(70(106)96-30-32-111-33-31-96)39-61(100)93(7)56(66(102)88-64)37-50-43-113-44-86-50/h45-59,63-65,86H,10-44H2,1-9H3,(H,87,99)(H,88,102)(H,89,103)/t45-,46?,47?,49?,50?,51+,52?,53?,54-,55-,56-,57-,58-,59-,63?,64-,65-/m0/s1. The van der Waals surface area contributed by atoms with Crippen molar-refractivity contribution in [3.05, 3.63) is 0 Å². The van der Waals surface area contributed by atoms with Gasteiger partial charge in [0.1, 0.15) is 72.1 Å². The van der Waals surface area contributed by atoms with Crippen molar-refractivity contribution in [2.45, 2.75) is 266 Å². The number of likely N-dealkylation sites (N-methyl/N-ethyl adjacent to an activating group) is 6. The normalized spacial score (nSPS) is 33.1. The van der Waals surface area contributed by atoms with Crippen molar-refractivity contribution in [1.82, 2.24) is 65.4 Å². The third-order valence-electron chi connectivity index (χ3n) is 25.7. The lowest BCUT2D eigenvalue weighted by molar-refractivity contribution is -0.219. The predicted octanol–water partition coefficient (Wildman–Crippen LogP) is 5.35. The number of hydrogen-bond donors (Lipinski definition) is 4. The highest BCUT2D eigenvalue weighted by Gasteiger charge is 2.57. The number of nitrogens with one attached hydrogen (secondary N) is 4. The van der Waals surface area contributed by atoms with Gasteiger partial charge in [-0.05, 0) is 140 Å². The molecule has 2 bridgehead atoms. The van der Waals surface area contributed by atoms with Crippen LogP contribution in [0.4, 0.5) is 35.1 Å². The molecule has 4 aliphatic carbocycles. The number of amides is 12. The molecule has 5 aliphatic heterocycles. The van der Waals surface area contributed by atoms with Crippen LogP contribution in [-0.4, -0.2) is 319 Å². The van der Waals surface area contributed by atoms with E-state index in [1.807, 2.05) is 0 Å². The third kappa shape index (κ3) is 21.9. The van der Waals surface area contributed by atoms with Crippen LogP contribution in [0, 0.1) is 35.5 Å². The summed E-state index contributed by atoms with van der Waals surface area (Å²) in [6.07, 6.45) is -15.3. The second-order valence-corrected chi connectivity index (χ2v) is 34.3. The Morgan fingerprint density at radius 2 is 1.27 bits per heavy atom. The van der Waals surface area contributed by atoms with Crippen LogP contribution in [0.1, 0.15) is 175 Å². The summed E-state index contributed by atoms with van der Waals surface area (Å²) in [6.45, 7) is 3.89. The maximum atomic E-state index is 15.8. The number of fused-ring (bicyclic) bond motifs is 3. The summed E-state index contributed by atoms with van der Waals surface area (Å²) in [5, 5.41) is 11.9. The van der Waals surface area contributed by atoms with Gasteiger partial charge in [-0.25, -0.2) is 8.78 Å². The molecule has 3 unspecified atom stereocenters. The van der Waals surface area contributed by atoms with Crippen LogP contribution in [0.25, 0.3) is 0 Å². The van der Waals surface area contributed by atoms with E-state index >= 15 is 51.9 Å². The number of thioether (sulfide) groups is 1. The van der Waals surface area contributed by atoms with E-state index < -0.39 is 230 Å². The number of ether oxygens (including phenoxy) is 2. The average Bonchev–Trinajstić information content (AvgIpc) is 1.71. The highest BCUT2D eigenvalue weighted by Crippen LogP contribution is 2.46. The zero-order valence-corrected chi connectivity index (χ0v) is 67.6. The van der Waals surface area contributed by atoms with Crippen LogP contribution in [0.2, 0.25) is 0 Å². The molecule has 4 N–H and O–H groups in total. The van der Waals surface area contributed by atoms with Crippen molar-refractivity contribution in [3.8, 4) is 0 Å². The molecule has 9 fully saturated rings. The molecule has 638 valence electrons. The van der Waals surface area contributed by atoms with Gasteiger partial charge in [0.2, 0.25) is 70.9 Å². The van der Waals surface area contributed by atoms with Gasteiger partial charge in [0.05, 0.1) is 44.7 Å². The van der Waals surface area contributed by atoms with Gasteiger partial charge in [-0.15, -0.1) is 11.8 Å². The molecule has 0 aromatic rings. The third-order valence-corrected chi connectivity index (χ3v) is 26.7. The summed E-state index contributed by atoms with van der Waals surface area (Å²) in [6, 6.07) is -11.7. The summed E-state index contributed by atoms with van der Waals surface area (Å²) < 4.78 is 127. The quantitative estimate of drug-likeness (QED) is 0.169. The van der Waals surface area contributed by atoms with Crippen LogP contribution in [0.5, 0.6) is 0 Å². The van der Waals surface area contributed by atoms with Crippen LogP contribution in [0.3, 0.4) is 0 Å². The molecule has 27 nitrogen and oxygen atoms in total. The van der Waals surface area contributed by atoms with E-state index in [4.69, 9.17) is 9.47 Å². The lowest BCUT2D eigenvalue weighted by Gasteiger charge is -2.47. The van der Waals surface area contributed by atoms with E-state index in [0.717, 1.165) is 19.6 Å². The number of hydrogen-bond acceptors (Lipinski definition) is 16. The topological polar surface area (TPSA) is 301 Å². The Morgan fingerprint density at radius 1 is 0.619 bits per heavy atom. The maximum absolute atomic E-state index is 15.8. The molecule has 5 saturated heterocycles. The van der Waals surface area contributed by atoms with Crippen molar-refractivity contribution in [2.75, 3.05) is 113 Å². The highest BCUT2D eigenvalue weighted by atomic mass is 32.2. The van der Waals surface area contributed by atoms with E-state index in [-0.39, 0.29) is 123 Å². The van der Waals surface area contributed by atoms with Gasteiger partial charge in [-0.3, -0.25) is 57.5 Å². The maximum Gasteiger partial charge on any atom is 0.397 e. The fourth-order valence-electron chi connectivity index (χ4n) is 18.4. The largest absolute Gasteiger partial charge is 0.397 e. The monoisotopic (exact) mass is 1630 g/mol. The van der Waals surface area contributed by atoms with Crippen molar-refractivity contribution in [2.24, 2.45) is 35.5 Å². The molecule has 0 aromatic carbocycles. The van der Waals surface area contributed by atoms with Gasteiger partial charge in [0, 0.05) is 99.2 Å². The first kappa shape index (κ1) is 90.2. The van der Waals surface area contributed by atoms with Crippen LogP contribution in [0.15, 0.2) is 0 Å². The smallest absolute Gasteiger partial charge is 0.378 e. The minimum atomic E-state index is -5.22. The lowest BCUT2D eigenvalue weighted by atomic mass is 9.74. The number of rotatable bonds is 13. The molecular formula is C77H119F8N13O14S.